The Bertz CT molecular complexity index is 194. The number of carbonyl (C=O) groups excluding carboxylic acids is 1. The predicted octanol–water partition coefficient (Wildman–Crippen LogP) is 0.438. The van der Waals surface area contributed by atoms with E-state index in [1.54, 1.807) is 7.11 Å². The van der Waals surface area contributed by atoms with Crippen LogP contribution < -0.4 is 5.32 Å². The highest BCUT2D eigenvalue weighted by Gasteiger charge is 2.27. The van der Waals surface area contributed by atoms with Gasteiger partial charge in [-0.15, -0.1) is 0 Å². The molecule has 0 aliphatic heterocycles. The molecule has 0 aromatic carbocycles. The molecule has 1 N–H and O–H groups in total. The number of hydrogen-bond acceptors (Lipinski definition) is 5. The maximum Gasteiger partial charge on any atom is 0.312 e. The predicted molar refractivity (Wildman–Crippen MR) is 61.4 cm³/mol. The second-order valence-electron chi connectivity index (χ2n) is 4.16. The minimum atomic E-state index is -0.499. The first-order chi connectivity index (χ1) is 7.54. The van der Waals surface area contributed by atoms with Crippen LogP contribution in [0.4, 0.5) is 0 Å². The van der Waals surface area contributed by atoms with Crippen molar-refractivity contribution in [2.45, 2.75) is 13.8 Å². The molecular weight excluding hydrogens is 210 g/mol. The lowest BCUT2D eigenvalue weighted by molar-refractivity contribution is -0.150. The highest BCUT2D eigenvalue weighted by Crippen LogP contribution is 2.14. The number of methoxy groups -OCH3 is 2. The quantitative estimate of drug-likeness (QED) is 0.462. The second-order valence-corrected chi connectivity index (χ2v) is 4.16. The maximum absolute atomic E-state index is 11.3. The Labute approximate surface area is 97.4 Å². The van der Waals surface area contributed by atoms with Crippen molar-refractivity contribution in [3.8, 4) is 0 Å². The van der Waals surface area contributed by atoms with E-state index in [0.717, 1.165) is 0 Å². The Morgan fingerprint density at radius 2 is 1.88 bits per heavy atom. The first kappa shape index (κ1) is 15.3. The summed E-state index contributed by atoms with van der Waals surface area (Å²) in [6, 6.07) is 0. The van der Waals surface area contributed by atoms with Crippen LogP contribution in [-0.4, -0.2) is 53.1 Å². The molecule has 0 bridgehead atoms. The molecule has 5 nitrogen and oxygen atoms in total. The van der Waals surface area contributed by atoms with Gasteiger partial charge < -0.3 is 19.5 Å². The highest BCUT2D eigenvalue weighted by atomic mass is 16.5. The third-order valence-corrected chi connectivity index (χ3v) is 2.16. The SMILES string of the molecule is COCCOCCNCC(C)(C)C(=O)OC. The van der Waals surface area contributed by atoms with Gasteiger partial charge in [-0.25, -0.2) is 0 Å². The van der Waals surface area contributed by atoms with E-state index in [9.17, 15) is 4.79 Å². The molecule has 0 fully saturated rings. The van der Waals surface area contributed by atoms with Gasteiger partial charge in [0, 0.05) is 20.2 Å². The van der Waals surface area contributed by atoms with Crippen molar-refractivity contribution in [3.63, 3.8) is 0 Å². The van der Waals surface area contributed by atoms with Crippen molar-refractivity contribution in [1.29, 1.82) is 0 Å². The van der Waals surface area contributed by atoms with Gasteiger partial charge in [0.25, 0.3) is 0 Å². The van der Waals surface area contributed by atoms with Gasteiger partial charge >= 0.3 is 5.97 Å². The summed E-state index contributed by atoms with van der Waals surface area (Å²) in [6.07, 6.45) is 0. The summed E-state index contributed by atoms with van der Waals surface area (Å²) in [5, 5.41) is 3.15. The number of carbonyl (C=O) groups is 1. The first-order valence-electron chi connectivity index (χ1n) is 5.40. The number of esters is 1. The molecule has 0 radical (unpaired) electrons. The van der Waals surface area contributed by atoms with Gasteiger partial charge in [0.05, 0.1) is 32.3 Å². The van der Waals surface area contributed by atoms with Gasteiger partial charge in [-0.3, -0.25) is 4.79 Å². The fourth-order valence-corrected chi connectivity index (χ4v) is 1.14. The zero-order valence-corrected chi connectivity index (χ0v) is 10.7. The molecular formula is C11H23NO4. The number of hydrogen-bond donors (Lipinski definition) is 1. The Morgan fingerprint density at radius 1 is 1.19 bits per heavy atom. The molecule has 0 saturated heterocycles. The Morgan fingerprint density at radius 3 is 2.44 bits per heavy atom. The third-order valence-electron chi connectivity index (χ3n) is 2.16. The van der Waals surface area contributed by atoms with E-state index in [0.29, 0.717) is 32.9 Å². The topological polar surface area (TPSA) is 56.8 Å². The van der Waals surface area contributed by atoms with Crippen LogP contribution in [0.25, 0.3) is 0 Å². The van der Waals surface area contributed by atoms with Gasteiger partial charge in [0.15, 0.2) is 0 Å². The molecule has 5 heteroatoms. The summed E-state index contributed by atoms with van der Waals surface area (Å²) >= 11 is 0. The van der Waals surface area contributed by atoms with E-state index in [2.05, 4.69) is 5.32 Å². The molecule has 0 amide bonds. The van der Waals surface area contributed by atoms with E-state index < -0.39 is 5.41 Å². The molecule has 0 atom stereocenters. The van der Waals surface area contributed by atoms with Crippen LogP contribution in [0.5, 0.6) is 0 Å². The summed E-state index contributed by atoms with van der Waals surface area (Å²) in [5.41, 5.74) is -0.499. The van der Waals surface area contributed by atoms with Crippen LogP contribution in [0.1, 0.15) is 13.8 Å². The normalized spacial score (nSPS) is 11.5. The Hall–Kier alpha value is -0.650. The summed E-state index contributed by atoms with van der Waals surface area (Å²) in [4.78, 5) is 11.3. The van der Waals surface area contributed by atoms with Crippen LogP contribution in [0.2, 0.25) is 0 Å². The lowest BCUT2D eigenvalue weighted by Gasteiger charge is -2.21. The smallest absolute Gasteiger partial charge is 0.312 e. The number of ether oxygens (including phenoxy) is 3. The largest absolute Gasteiger partial charge is 0.469 e. The van der Waals surface area contributed by atoms with Gasteiger partial charge in [-0.05, 0) is 13.8 Å². The Balaban J connectivity index is 3.47. The lowest BCUT2D eigenvalue weighted by atomic mass is 9.94. The zero-order chi connectivity index (χ0) is 12.4. The van der Waals surface area contributed by atoms with Crippen molar-refractivity contribution in [1.82, 2.24) is 5.32 Å². The van der Waals surface area contributed by atoms with Gasteiger partial charge in [0.2, 0.25) is 0 Å². The van der Waals surface area contributed by atoms with E-state index >= 15 is 0 Å². The van der Waals surface area contributed by atoms with Crippen LogP contribution in [0, 0.1) is 5.41 Å². The van der Waals surface area contributed by atoms with E-state index in [4.69, 9.17) is 14.2 Å². The molecule has 0 aliphatic carbocycles. The fourth-order valence-electron chi connectivity index (χ4n) is 1.14. The molecule has 0 heterocycles. The minimum Gasteiger partial charge on any atom is -0.469 e. The average molecular weight is 233 g/mol. The highest BCUT2D eigenvalue weighted by molar-refractivity contribution is 5.75. The van der Waals surface area contributed by atoms with Crippen LogP contribution in [0.15, 0.2) is 0 Å². The standard InChI is InChI=1S/C11H23NO4/c1-11(2,10(13)15-4)9-12-5-6-16-8-7-14-3/h12H,5-9H2,1-4H3. The molecule has 16 heavy (non-hydrogen) atoms. The molecule has 0 aromatic heterocycles. The van der Waals surface area contributed by atoms with Crippen molar-refractivity contribution < 1.29 is 19.0 Å². The van der Waals surface area contributed by atoms with Crippen LogP contribution >= 0.6 is 0 Å². The van der Waals surface area contributed by atoms with Gasteiger partial charge in [0.1, 0.15) is 0 Å². The molecule has 0 spiro atoms. The monoisotopic (exact) mass is 233 g/mol. The number of nitrogens with one attached hydrogen (secondary N) is 1. The first-order valence-corrected chi connectivity index (χ1v) is 5.40. The lowest BCUT2D eigenvalue weighted by Crippen LogP contribution is -2.38. The van der Waals surface area contributed by atoms with Crippen molar-refractivity contribution >= 4 is 5.97 Å². The summed E-state index contributed by atoms with van der Waals surface area (Å²) < 4.78 is 14.8. The summed E-state index contributed by atoms with van der Waals surface area (Å²) in [6.45, 7) is 6.79. The van der Waals surface area contributed by atoms with Crippen molar-refractivity contribution in [2.24, 2.45) is 5.41 Å². The van der Waals surface area contributed by atoms with Gasteiger partial charge in [-0.2, -0.15) is 0 Å². The Kier molecular flexibility index (Phi) is 8.15. The van der Waals surface area contributed by atoms with Crippen LogP contribution in [0.3, 0.4) is 0 Å². The van der Waals surface area contributed by atoms with E-state index in [1.807, 2.05) is 13.8 Å². The maximum atomic E-state index is 11.3. The van der Waals surface area contributed by atoms with Gasteiger partial charge in [-0.1, -0.05) is 0 Å². The second kappa shape index (κ2) is 8.50. The fraction of sp³-hybridized carbons (Fsp3) is 0.909. The number of rotatable bonds is 9. The third kappa shape index (κ3) is 6.76. The minimum absolute atomic E-state index is 0.208. The zero-order valence-electron chi connectivity index (χ0n) is 10.7. The summed E-state index contributed by atoms with van der Waals surface area (Å²) in [7, 11) is 3.04. The molecule has 0 rings (SSSR count). The molecule has 0 unspecified atom stereocenters. The van der Waals surface area contributed by atoms with Crippen molar-refractivity contribution in [2.75, 3.05) is 47.1 Å². The van der Waals surface area contributed by atoms with Crippen molar-refractivity contribution in [3.05, 3.63) is 0 Å². The molecule has 96 valence electrons. The van der Waals surface area contributed by atoms with E-state index in [-0.39, 0.29) is 5.97 Å². The summed E-state index contributed by atoms with van der Waals surface area (Å²) in [5.74, 6) is -0.208. The van der Waals surface area contributed by atoms with Crippen LogP contribution in [-0.2, 0) is 19.0 Å². The molecule has 0 saturated carbocycles. The average Bonchev–Trinajstić information content (AvgIpc) is 2.26. The molecule has 0 aromatic rings. The molecule has 0 aliphatic rings. The van der Waals surface area contributed by atoms with E-state index in [1.165, 1.54) is 7.11 Å².